The molecule has 1 aromatic heterocycles. The second kappa shape index (κ2) is 5.34. The lowest BCUT2D eigenvalue weighted by molar-refractivity contribution is 0.207. The number of amides is 2. The Kier molecular flexibility index (Phi) is 4.09. The minimum atomic E-state index is -0.0735. The number of rotatable bonds is 3. The summed E-state index contributed by atoms with van der Waals surface area (Å²) >= 11 is 0. The minimum Gasteiger partial charge on any atom is -0.330 e. The van der Waals surface area contributed by atoms with Crippen molar-refractivity contribution < 1.29 is 4.79 Å². The Morgan fingerprint density at radius 3 is 2.87 bits per heavy atom. The second-order valence-electron chi connectivity index (χ2n) is 3.44. The van der Waals surface area contributed by atoms with E-state index >= 15 is 0 Å². The summed E-state index contributed by atoms with van der Waals surface area (Å²) in [7, 11) is 1.76. The number of nitrogens with one attached hydrogen (secondary N) is 1. The van der Waals surface area contributed by atoms with Gasteiger partial charge in [0, 0.05) is 19.8 Å². The molecule has 15 heavy (non-hydrogen) atoms. The largest absolute Gasteiger partial charge is 0.330 e. The molecule has 0 saturated carbocycles. The number of nitrogens with zero attached hydrogens (tertiary/aromatic N) is 2. The first-order chi connectivity index (χ1) is 7.15. The maximum atomic E-state index is 11.5. The second-order valence-corrected chi connectivity index (χ2v) is 3.44. The summed E-state index contributed by atoms with van der Waals surface area (Å²) in [4.78, 5) is 17.4. The van der Waals surface area contributed by atoms with Crippen molar-refractivity contribution in [1.82, 2.24) is 15.2 Å². The molecule has 1 atom stereocenters. The molecule has 1 aromatic rings. The Hall–Kier alpha value is -1.58. The number of carbonyl (C=O) groups excluding carboxylic acids is 1. The van der Waals surface area contributed by atoms with Gasteiger partial charge in [-0.05, 0) is 26.0 Å². The van der Waals surface area contributed by atoms with Crippen LogP contribution >= 0.6 is 0 Å². The molecule has 0 radical (unpaired) electrons. The van der Waals surface area contributed by atoms with Crippen LogP contribution < -0.4 is 5.32 Å². The van der Waals surface area contributed by atoms with Crippen LogP contribution in [0.1, 0.15) is 25.6 Å². The van der Waals surface area contributed by atoms with Crippen LogP contribution in [0, 0.1) is 0 Å². The van der Waals surface area contributed by atoms with Crippen LogP contribution in [-0.4, -0.2) is 29.5 Å². The fourth-order valence-corrected chi connectivity index (χ4v) is 1.15. The fourth-order valence-electron chi connectivity index (χ4n) is 1.15. The molecular weight excluding hydrogens is 190 g/mol. The highest BCUT2D eigenvalue weighted by Gasteiger charge is 2.12. The van der Waals surface area contributed by atoms with Crippen LogP contribution in [0.25, 0.3) is 0 Å². The van der Waals surface area contributed by atoms with Gasteiger partial charge in [0.25, 0.3) is 0 Å². The Bertz CT molecular complexity index is 313. The average Bonchev–Trinajstić information content (AvgIpc) is 2.29. The normalized spacial score (nSPS) is 11.9. The molecule has 1 heterocycles. The Labute approximate surface area is 90.3 Å². The van der Waals surface area contributed by atoms with Crippen molar-refractivity contribution in [1.29, 1.82) is 0 Å². The number of pyridine rings is 1. The molecule has 0 aliphatic carbocycles. The standard InChI is InChI=1S/C11H17N3O/c1-4-14(3)11(15)13-9(2)10-7-5-6-8-12-10/h5-9H,4H2,1-3H3,(H,13,15). The highest BCUT2D eigenvalue weighted by molar-refractivity contribution is 5.74. The van der Waals surface area contributed by atoms with Crippen molar-refractivity contribution in [2.24, 2.45) is 0 Å². The van der Waals surface area contributed by atoms with Gasteiger partial charge in [0.15, 0.2) is 0 Å². The zero-order valence-corrected chi connectivity index (χ0v) is 9.40. The van der Waals surface area contributed by atoms with Crippen LogP contribution in [0.5, 0.6) is 0 Å². The zero-order valence-electron chi connectivity index (χ0n) is 9.40. The third-order valence-corrected chi connectivity index (χ3v) is 2.29. The molecule has 0 saturated heterocycles. The van der Waals surface area contributed by atoms with E-state index in [2.05, 4.69) is 10.3 Å². The predicted octanol–water partition coefficient (Wildman–Crippen LogP) is 1.80. The van der Waals surface area contributed by atoms with E-state index in [4.69, 9.17) is 0 Å². The predicted molar refractivity (Wildman–Crippen MR) is 59.5 cm³/mol. The Balaban J connectivity index is 2.56. The highest BCUT2D eigenvalue weighted by atomic mass is 16.2. The van der Waals surface area contributed by atoms with Gasteiger partial charge in [0.05, 0.1) is 11.7 Å². The molecule has 1 unspecified atom stereocenters. The van der Waals surface area contributed by atoms with E-state index in [-0.39, 0.29) is 12.1 Å². The minimum absolute atomic E-state index is 0.0623. The van der Waals surface area contributed by atoms with Gasteiger partial charge < -0.3 is 10.2 Å². The maximum Gasteiger partial charge on any atom is 0.317 e. The Morgan fingerprint density at radius 2 is 2.33 bits per heavy atom. The van der Waals surface area contributed by atoms with Crippen molar-refractivity contribution in [2.45, 2.75) is 19.9 Å². The van der Waals surface area contributed by atoms with Crippen LogP contribution in [0.3, 0.4) is 0 Å². The molecule has 0 fully saturated rings. The number of hydrogen-bond acceptors (Lipinski definition) is 2. The lowest BCUT2D eigenvalue weighted by Gasteiger charge is -2.19. The van der Waals surface area contributed by atoms with Crippen molar-refractivity contribution in [2.75, 3.05) is 13.6 Å². The smallest absolute Gasteiger partial charge is 0.317 e. The van der Waals surface area contributed by atoms with Gasteiger partial charge in [-0.2, -0.15) is 0 Å². The van der Waals surface area contributed by atoms with Crippen molar-refractivity contribution in [3.63, 3.8) is 0 Å². The van der Waals surface area contributed by atoms with Gasteiger partial charge in [-0.15, -0.1) is 0 Å². The molecule has 0 bridgehead atoms. The molecule has 82 valence electrons. The van der Waals surface area contributed by atoms with Crippen LogP contribution in [-0.2, 0) is 0 Å². The van der Waals surface area contributed by atoms with Crippen LogP contribution in [0.2, 0.25) is 0 Å². The molecule has 4 nitrogen and oxygen atoms in total. The van der Waals surface area contributed by atoms with E-state index in [1.54, 1.807) is 18.1 Å². The van der Waals surface area contributed by atoms with Crippen molar-refractivity contribution >= 4 is 6.03 Å². The summed E-state index contributed by atoms with van der Waals surface area (Å²) in [6, 6.07) is 5.53. The summed E-state index contributed by atoms with van der Waals surface area (Å²) in [5.74, 6) is 0. The quantitative estimate of drug-likeness (QED) is 0.821. The maximum absolute atomic E-state index is 11.5. The van der Waals surface area contributed by atoms with E-state index in [9.17, 15) is 4.79 Å². The molecule has 0 aromatic carbocycles. The third kappa shape index (κ3) is 3.23. The van der Waals surface area contributed by atoms with Gasteiger partial charge >= 0.3 is 6.03 Å². The van der Waals surface area contributed by atoms with E-state index in [1.165, 1.54) is 0 Å². The van der Waals surface area contributed by atoms with Gasteiger partial charge in [-0.1, -0.05) is 6.07 Å². The van der Waals surface area contributed by atoms with Crippen LogP contribution in [0.4, 0.5) is 4.79 Å². The first-order valence-electron chi connectivity index (χ1n) is 5.07. The van der Waals surface area contributed by atoms with E-state index in [0.29, 0.717) is 6.54 Å². The summed E-state index contributed by atoms with van der Waals surface area (Å²) in [5, 5.41) is 2.87. The first kappa shape index (κ1) is 11.5. The number of aromatic nitrogens is 1. The van der Waals surface area contributed by atoms with E-state index < -0.39 is 0 Å². The molecule has 0 aliphatic rings. The first-order valence-corrected chi connectivity index (χ1v) is 5.07. The molecule has 1 N–H and O–H groups in total. The summed E-state index contributed by atoms with van der Waals surface area (Å²) in [5.41, 5.74) is 0.871. The van der Waals surface area contributed by atoms with Gasteiger partial charge in [0.2, 0.25) is 0 Å². The fraction of sp³-hybridized carbons (Fsp3) is 0.455. The van der Waals surface area contributed by atoms with Gasteiger partial charge in [-0.3, -0.25) is 4.98 Å². The van der Waals surface area contributed by atoms with E-state index in [0.717, 1.165) is 5.69 Å². The summed E-state index contributed by atoms with van der Waals surface area (Å²) in [6.45, 7) is 4.55. The summed E-state index contributed by atoms with van der Waals surface area (Å²) < 4.78 is 0. The molecule has 1 rings (SSSR count). The monoisotopic (exact) mass is 207 g/mol. The van der Waals surface area contributed by atoms with Gasteiger partial charge in [0.1, 0.15) is 0 Å². The highest BCUT2D eigenvalue weighted by Crippen LogP contribution is 2.07. The molecule has 0 spiro atoms. The lowest BCUT2D eigenvalue weighted by atomic mass is 10.2. The van der Waals surface area contributed by atoms with Gasteiger partial charge in [-0.25, -0.2) is 4.79 Å². The van der Waals surface area contributed by atoms with Crippen molar-refractivity contribution in [3.8, 4) is 0 Å². The number of hydrogen-bond donors (Lipinski definition) is 1. The molecular formula is C11H17N3O. The van der Waals surface area contributed by atoms with E-state index in [1.807, 2.05) is 32.0 Å². The number of urea groups is 1. The van der Waals surface area contributed by atoms with Crippen molar-refractivity contribution in [3.05, 3.63) is 30.1 Å². The average molecular weight is 207 g/mol. The van der Waals surface area contributed by atoms with Crippen LogP contribution in [0.15, 0.2) is 24.4 Å². The number of carbonyl (C=O) groups is 1. The summed E-state index contributed by atoms with van der Waals surface area (Å²) in [6.07, 6.45) is 1.72. The lowest BCUT2D eigenvalue weighted by Crippen LogP contribution is -2.38. The molecule has 4 heteroatoms. The zero-order chi connectivity index (χ0) is 11.3. The topological polar surface area (TPSA) is 45.2 Å². The molecule has 0 aliphatic heterocycles. The molecule has 2 amide bonds. The Morgan fingerprint density at radius 1 is 1.60 bits per heavy atom. The third-order valence-electron chi connectivity index (χ3n) is 2.29. The SMILES string of the molecule is CCN(C)C(=O)NC(C)c1ccccn1.